The van der Waals surface area contributed by atoms with Crippen LogP contribution in [0.1, 0.15) is 38.3 Å². The number of anilines is 1. The first-order chi connectivity index (χ1) is 12.9. The number of benzene rings is 1. The highest BCUT2D eigenvalue weighted by atomic mass is 16.2. The van der Waals surface area contributed by atoms with Gasteiger partial charge in [-0.25, -0.2) is 0 Å². The molecule has 1 unspecified atom stereocenters. The summed E-state index contributed by atoms with van der Waals surface area (Å²) in [5.74, 6) is 0.902. The van der Waals surface area contributed by atoms with Crippen molar-refractivity contribution in [2.45, 2.75) is 45.6 Å². The van der Waals surface area contributed by atoms with Crippen molar-refractivity contribution in [3.05, 3.63) is 52.4 Å². The first kappa shape index (κ1) is 19.4. The van der Waals surface area contributed by atoms with Gasteiger partial charge in [-0.3, -0.25) is 9.59 Å². The first-order valence-corrected chi connectivity index (χ1v) is 9.70. The molecule has 0 saturated heterocycles. The van der Waals surface area contributed by atoms with E-state index in [1.165, 1.54) is 0 Å². The Labute approximate surface area is 160 Å². The quantitative estimate of drug-likeness (QED) is 0.869. The molecule has 2 aromatic rings. The highest BCUT2D eigenvalue weighted by molar-refractivity contribution is 5.95. The molecule has 144 valence electrons. The number of aromatic nitrogens is 1. The lowest BCUT2D eigenvalue weighted by Crippen LogP contribution is -2.43. The molecule has 0 spiro atoms. The van der Waals surface area contributed by atoms with Crippen molar-refractivity contribution < 1.29 is 4.79 Å². The van der Waals surface area contributed by atoms with Gasteiger partial charge in [-0.05, 0) is 55.4 Å². The van der Waals surface area contributed by atoms with E-state index in [2.05, 4.69) is 12.2 Å². The number of carbonyl (C=O) groups is 1. The van der Waals surface area contributed by atoms with Gasteiger partial charge in [-0.15, -0.1) is 0 Å². The molecular weight excluding hydrogens is 338 g/mol. The van der Waals surface area contributed by atoms with E-state index in [4.69, 9.17) is 5.73 Å². The summed E-state index contributed by atoms with van der Waals surface area (Å²) in [5, 5.41) is 2.94. The molecule has 1 aromatic carbocycles. The molecule has 5 heteroatoms. The van der Waals surface area contributed by atoms with Crippen molar-refractivity contribution in [1.82, 2.24) is 4.57 Å². The Kier molecular flexibility index (Phi) is 5.80. The molecule has 1 heterocycles. The van der Waals surface area contributed by atoms with Crippen molar-refractivity contribution in [2.75, 3.05) is 5.32 Å². The molecular formula is C22H29N3O2. The Morgan fingerprint density at radius 3 is 2.37 bits per heavy atom. The van der Waals surface area contributed by atoms with Crippen LogP contribution >= 0.6 is 0 Å². The smallest absolute Gasteiger partial charge is 0.250 e. The van der Waals surface area contributed by atoms with Crippen LogP contribution < -0.4 is 16.6 Å². The second-order valence-corrected chi connectivity index (χ2v) is 7.84. The van der Waals surface area contributed by atoms with Crippen LogP contribution in [0.5, 0.6) is 0 Å². The number of rotatable bonds is 4. The topological polar surface area (TPSA) is 77.1 Å². The van der Waals surface area contributed by atoms with Crippen LogP contribution in [0.4, 0.5) is 5.69 Å². The van der Waals surface area contributed by atoms with Crippen molar-refractivity contribution in [3.8, 4) is 11.1 Å². The maximum Gasteiger partial charge on any atom is 0.250 e. The van der Waals surface area contributed by atoms with Gasteiger partial charge in [0, 0.05) is 30.1 Å². The van der Waals surface area contributed by atoms with Crippen LogP contribution in [0, 0.1) is 18.8 Å². The highest BCUT2D eigenvalue weighted by Gasteiger charge is 2.28. The second kappa shape index (κ2) is 8.09. The largest absolute Gasteiger partial charge is 0.325 e. The predicted molar refractivity (Wildman–Crippen MR) is 110 cm³/mol. The van der Waals surface area contributed by atoms with Crippen LogP contribution in [0.25, 0.3) is 11.1 Å². The fourth-order valence-corrected chi connectivity index (χ4v) is 3.86. The standard InChI is InChI=1S/C22H29N3O2/c1-14-4-6-17(7-5-14)21(23)22(27)24-18-10-8-16(9-11-18)19-12-13-20(26)25(3)15(19)2/h8-14,17,21H,4-7,23H2,1-3H3,(H,24,27). The van der Waals surface area contributed by atoms with Gasteiger partial charge in [0.05, 0.1) is 6.04 Å². The van der Waals surface area contributed by atoms with E-state index in [1.807, 2.05) is 37.3 Å². The summed E-state index contributed by atoms with van der Waals surface area (Å²) in [6, 6.07) is 10.6. The third-order valence-electron chi connectivity index (χ3n) is 5.95. The number of hydrogen-bond acceptors (Lipinski definition) is 3. The van der Waals surface area contributed by atoms with E-state index in [0.29, 0.717) is 0 Å². The van der Waals surface area contributed by atoms with Gasteiger partial charge >= 0.3 is 0 Å². The first-order valence-electron chi connectivity index (χ1n) is 9.70. The lowest BCUT2D eigenvalue weighted by atomic mass is 9.79. The number of hydrogen-bond donors (Lipinski definition) is 2. The zero-order valence-electron chi connectivity index (χ0n) is 16.4. The summed E-state index contributed by atoms with van der Waals surface area (Å²) in [4.78, 5) is 24.2. The van der Waals surface area contributed by atoms with E-state index in [1.54, 1.807) is 17.7 Å². The third kappa shape index (κ3) is 4.30. The Bertz CT molecular complexity index is 862. The molecule has 1 atom stereocenters. The molecule has 3 N–H and O–H groups in total. The maximum atomic E-state index is 12.5. The van der Waals surface area contributed by atoms with Gasteiger partial charge in [0.1, 0.15) is 0 Å². The van der Waals surface area contributed by atoms with Crippen LogP contribution in [0.2, 0.25) is 0 Å². The molecule has 1 amide bonds. The van der Waals surface area contributed by atoms with Gasteiger partial charge in [0.25, 0.3) is 0 Å². The van der Waals surface area contributed by atoms with Gasteiger partial charge in [0.2, 0.25) is 11.5 Å². The number of nitrogens with two attached hydrogens (primary N) is 1. The fraction of sp³-hybridized carbons (Fsp3) is 0.455. The number of amides is 1. The molecule has 0 bridgehead atoms. The molecule has 0 radical (unpaired) electrons. The third-order valence-corrected chi connectivity index (χ3v) is 5.95. The summed E-state index contributed by atoms with van der Waals surface area (Å²) in [5.41, 5.74) is 9.85. The Morgan fingerprint density at radius 1 is 1.11 bits per heavy atom. The minimum absolute atomic E-state index is 0.0220. The zero-order chi connectivity index (χ0) is 19.6. The Balaban J connectivity index is 1.68. The molecule has 1 fully saturated rings. The molecule has 27 heavy (non-hydrogen) atoms. The van der Waals surface area contributed by atoms with Crippen molar-refractivity contribution in [1.29, 1.82) is 0 Å². The van der Waals surface area contributed by atoms with E-state index in [0.717, 1.165) is 54.1 Å². The lowest BCUT2D eigenvalue weighted by molar-refractivity contribution is -0.118. The average molecular weight is 367 g/mol. The van der Waals surface area contributed by atoms with Gasteiger partial charge in [-0.1, -0.05) is 31.9 Å². The molecule has 1 aliphatic rings. The number of carbonyl (C=O) groups excluding carboxylic acids is 1. The summed E-state index contributed by atoms with van der Waals surface area (Å²) in [6.07, 6.45) is 4.36. The Hall–Kier alpha value is -2.40. The summed E-state index contributed by atoms with van der Waals surface area (Å²) in [6.45, 7) is 4.19. The second-order valence-electron chi connectivity index (χ2n) is 7.84. The minimum atomic E-state index is -0.455. The summed E-state index contributed by atoms with van der Waals surface area (Å²) in [7, 11) is 1.77. The average Bonchev–Trinajstić information content (AvgIpc) is 2.67. The van der Waals surface area contributed by atoms with E-state index in [-0.39, 0.29) is 17.4 Å². The van der Waals surface area contributed by atoms with Gasteiger partial charge in [-0.2, -0.15) is 0 Å². The van der Waals surface area contributed by atoms with Crippen LogP contribution in [-0.2, 0) is 11.8 Å². The monoisotopic (exact) mass is 367 g/mol. The Morgan fingerprint density at radius 2 is 1.74 bits per heavy atom. The molecule has 3 rings (SSSR count). The normalized spacial score (nSPS) is 20.9. The molecule has 5 nitrogen and oxygen atoms in total. The van der Waals surface area contributed by atoms with Crippen LogP contribution in [0.15, 0.2) is 41.2 Å². The molecule has 0 aliphatic heterocycles. The fourth-order valence-electron chi connectivity index (χ4n) is 3.86. The van der Waals surface area contributed by atoms with Crippen molar-refractivity contribution in [2.24, 2.45) is 24.6 Å². The van der Waals surface area contributed by atoms with Gasteiger partial charge in [0.15, 0.2) is 0 Å². The zero-order valence-corrected chi connectivity index (χ0v) is 16.4. The number of pyridine rings is 1. The lowest BCUT2D eigenvalue weighted by Gasteiger charge is -2.29. The minimum Gasteiger partial charge on any atom is -0.325 e. The van der Waals surface area contributed by atoms with Crippen LogP contribution in [0.3, 0.4) is 0 Å². The van der Waals surface area contributed by atoms with E-state index >= 15 is 0 Å². The number of nitrogens with zero attached hydrogens (tertiary/aromatic N) is 1. The van der Waals surface area contributed by atoms with E-state index in [9.17, 15) is 9.59 Å². The van der Waals surface area contributed by atoms with Crippen molar-refractivity contribution >= 4 is 11.6 Å². The van der Waals surface area contributed by atoms with Gasteiger partial charge < -0.3 is 15.6 Å². The highest BCUT2D eigenvalue weighted by Crippen LogP contribution is 2.30. The summed E-state index contributed by atoms with van der Waals surface area (Å²) < 4.78 is 1.63. The predicted octanol–water partition coefficient (Wildman–Crippen LogP) is 3.45. The maximum absolute atomic E-state index is 12.5. The SMILES string of the molecule is Cc1c(-c2ccc(NC(=O)C(N)C3CCC(C)CC3)cc2)ccc(=O)n1C. The van der Waals surface area contributed by atoms with E-state index < -0.39 is 6.04 Å². The molecule has 1 saturated carbocycles. The van der Waals surface area contributed by atoms with Crippen LogP contribution in [-0.4, -0.2) is 16.5 Å². The number of nitrogens with one attached hydrogen (secondary N) is 1. The summed E-state index contributed by atoms with van der Waals surface area (Å²) >= 11 is 0. The molecule has 1 aliphatic carbocycles. The molecule has 1 aromatic heterocycles. The van der Waals surface area contributed by atoms with Crippen molar-refractivity contribution in [3.63, 3.8) is 0 Å².